The van der Waals surface area contributed by atoms with Crippen LogP contribution in [0.15, 0.2) is 95.3 Å². The molecule has 0 saturated heterocycles. The lowest BCUT2D eigenvalue weighted by Crippen LogP contribution is -1.86. The highest BCUT2D eigenvalue weighted by Gasteiger charge is 2.01. The van der Waals surface area contributed by atoms with Crippen LogP contribution < -0.4 is 5.43 Å². The Kier molecular flexibility index (Phi) is 3.45. The van der Waals surface area contributed by atoms with Gasteiger partial charge in [-0.3, -0.25) is 0 Å². The minimum absolute atomic E-state index is 0.826. The van der Waals surface area contributed by atoms with Crippen LogP contribution in [0.1, 0.15) is 0 Å². The summed E-state index contributed by atoms with van der Waals surface area (Å²) in [5.74, 6) is 0. The van der Waals surface area contributed by atoms with E-state index in [1.165, 1.54) is 0 Å². The maximum Gasteiger partial charge on any atom is 0.0953 e. The molecular formula is C20H14N3. The van der Waals surface area contributed by atoms with Gasteiger partial charge in [-0.15, -0.1) is 10.5 Å². The molecule has 3 nitrogen and oxygen atoms in total. The highest BCUT2D eigenvalue weighted by molar-refractivity contribution is 5.93. The highest BCUT2D eigenvalue weighted by atomic mass is 15.4. The lowest BCUT2D eigenvalue weighted by molar-refractivity contribution is 0.874. The average molecular weight is 296 g/mol. The summed E-state index contributed by atoms with van der Waals surface area (Å²) in [6.07, 6.45) is 0. The van der Waals surface area contributed by atoms with Crippen molar-refractivity contribution >= 4 is 32.9 Å². The van der Waals surface area contributed by atoms with Crippen molar-refractivity contribution in [2.75, 3.05) is 0 Å². The molecule has 0 heterocycles. The summed E-state index contributed by atoms with van der Waals surface area (Å²) in [5.41, 5.74) is 5.95. The van der Waals surface area contributed by atoms with E-state index >= 15 is 0 Å². The molecule has 109 valence electrons. The smallest absolute Gasteiger partial charge is 0.0953 e. The maximum atomic E-state index is 4.29. The molecule has 0 aliphatic rings. The monoisotopic (exact) mass is 296 g/mol. The third kappa shape index (κ3) is 2.64. The Bertz CT molecular complexity index is 995. The van der Waals surface area contributed by atoms with E-state index in [1.807, 2.05) is 60.7 Å². The molecule has 0 saturated carbocycles. The van der Waals surface area contributed by atoms with E-state index < -0.39 is 0 Å². The zero-order valence-corrected chi connectivity index (χ0v) is 12.4. The van der Waals surface area contributed by atoms with Gasteiger partial charge in [-0.05, 0) is 28.1 Å². The first-order valence-electron chi connectivity index (χ1n) is 7.49. The third-order valence-electron chi connectivity index (χ3n) is 3.84. The van der Waals surface area contributed by atoms with E-state index in [0.717, 1.165) is 32.9 Å². The number of hydrogen-bond acceptors (Lipinski definition) is 2. The molecule has 4 rings (SSSR count). The molecule has 0 aliphatic heterocycles. The fourth-order valence-electron chi connectivity index (χ4n) is 2.71. The fraction of sp³-hybridized carbons (Fsp3) is 0. The van der Waals surface area contributed by atoms with E-state index in [9.17, 15) is 0 Å². The van der Waals surface area contributed by atoms with Gasteiger partial charge in [0.1, 0.15) is 0 Å². The van der Waals surface area contributed by atoms with Gasteiger partial charge in [-0.25, -0.2) is 0 Å². The van der Waals surface area contributed by atoms with Crippen LogP contribution in [0, 0.1) is 0 Å². The van der Waals surface area contributed by atoms with E-state index in [4.69, 9.17) is 0 Å². The molecule has 3 heteroatoms. The SMILES string of the molecule is c1ccc2c([N]N=Nc3cccc4ccccc34)cccc2c1. The van der Waals surface area contributed by atoms with Gasteiger partial charge >= 0.3 is 0 Å². The zero-order valence-electron chi connectivity index (χ0n) is 12.4. The first-order valence-corrected chi connectivity index (χ1v) is 7.49. The van der Waals surface area contributed by atoms with Gasteiger partial charge in [-0.1, -0.05) is 72.8 Å². The van der Waals surface area contributed by atoms with Crippen LogP contribution >= 0.6 is 0 Å². The molecule has 1 radical (unpaired) electrons. The van der Waals surface area contributed by atoms with Crippen molar-refractivity contribution in [3.8, 4) is 0 Å². The Balaban J connectivity index is 1.66. The highest BCUT2D eigenvalue weighted by Crippen LogP contribution is 2.27. The lowest BCUT2D eigenvalue weighted by Gasteiger charge is -2.02. The summed E-state index contributed by atoms with van der Waals surface area (Å²) in [5, 5.41) is 12.8. The summed E-state index contributed by atoms with van der Waals surface area (Å²) >= 11 is 0. The van der Waals surface area contributed by atoms with Gasteiger partial charge < -0.3 is 0 Å². The largest absolute Gasteiger partial charge is 0.130 e. The second-order valence-corrected chi connectivity index (χ2v) is 5.29. The quantitative estimate of drug-likeness (QED) is 0.332. The van der Waals surface area contributed by atoms with Gasteiger partial charge in [0.05, 0.1) is 11.4 Å². The molecule has 0 spiro atoms. The standard InChI is InChI=1S/C20H14N3/c1-3-11-17-15(7-1)9-5-13-19(17)21-23-22-20-14-6-10-16-8-2-4-12-18(16)20/h1-14H. The second-order valence-electron chi connectivity index (χ2n) is 5.29. The Morgan fingerprint density at radius 2 is 1.00 bits per heavy atom. The van der Waals surface area contributed by atoms with Crippen molar-refractivity contribution in [1.29, 1.82) is 0 Å². The predicted molar refractivity (Wildman–Crippen MR) is 94.2 cm³/mol. The van der Waals surface area contributed by atoms with Crippen LogP contribution in [-0.2, 0) is 0 Å². The molecule has 4 aromatic rings. The molecular weight excluding hydrogens is 282 g/mol. The van der Waals surface area contributed by atoms with Crippen LogP contribution in [-0.4, -0.2) is 0 Å². The Labute approximate surface area is 134 Å². The number of nitrogens with zero attached hydrogens (tertiary/aromatic N) is 3. The van der Waals surface area contributed by atoms with Gasteiger partial charge in [0, 0.05) is 10.8 Å². The molecule has 23 heavy (non-hydrogen) atoms. The second kappa shape index (κ2) is 5.89. The van der Waals surface area contributed by atoms with Gasteiger partial charge in [0.2, 0.25) is 0 Å². The Hall–Kier alpha value is -3.20. The molecule has 0 amide bonds. The number of rotatable bonds is 3. The number of hydrogen-bond donors (Lipinski definition) is 0. The van der Waals surface area contributed by atoms with Crippen molar-refractivity contribution < 1.29 is 0 Å². The third-order valence-corrected chi connectivity index (χ3v) is 3.84. The predicted octanol–water partition coefficient (Wildman–Crippen LogP) is 5.93. The number of fused-ring (bicyclic) bond motifs is 2. The topological polar surface area (TPSA) is 38.8 Å². The minimum atomic E-state index is 0.826. The summed E-state index contributed by atoms with van der Waals surface area (Å²) < 4.78 is 0. The molecule has 0 N–H and O–H groups in total. The Morgan fingerprint density at radius 3 is 1.70 bits per heavy atom. The molecule has 0 aromatic heterocycles. The van der Waals surface area contributed by atoms with Crippen LogP contribution in [0.3, 0.4) is 0 Å². The van der Waals surface area contributed by atoms with E-state index in [2.05, 4.69) is 40.0 Å². The summed E-state index contributed by atoms with van der Waals surface area (Å²) in [6, 6.07) is 28.2. The number of benzene rings is 4. The Morgan fingerprint density at radius 1 is 0.478 bits per heavy atom. The van der Waals surface area contributed by atoms with Crippen LogP contribution in [0.2, 0.25) is 0 Å². The maximum absolute atomic E-state index is 4.29. The van der Waals surface area contributed by atoms with Crippen molar-refractivity contribution in [2.45, 2.75) is 0 Å². The van der Waals surface area contributed by atoms with Gasteiger partial charge in [-0.2, -0.15) is 0 Å². The molecule has 0 aliphatic carbocycles. The normalized spacial score (nSPS) is 11.3. The van der Waals surface area contributed by atoms with E-state index in [0.29, 0.717) is 0 Å². The van der Waals surface area contributed by atoms with Crippen LogP contribution in [0.25, 0.3) is 21.5 Å². The van der Waals surface area contributed by atoms with Crippen molar-refractivity contribution in [3.05, 3.63) is 84.9 Å². The van der Waals surface area contributed by atoms with Crippen molar-refractivity contribution in [2.24, 2.45) is 10.3 Å². The molecule has 0 fully saturated rings. The molecule has 4 aromatic carbocycles. The van der Waals surface area contributed by atoms with Crippen molar-refractivity contribution in [3.63, 3.8) is 0 Å². The fourth-order valence-corrected chi connectivity index (χ4v) is 2.71. The van der Waals surface area contributed by atoms with Crippen LogP contribution in [0.4, 0.5) is 11.4 Å². The molecule has 0 unspecified atom stereocenters. The average Bonchev–Trinajstić information content (AvgIpc) is 2.62. The zero-order chi connectivity index (χ0) is 15.5. The molecule has 0 bridgehead atoms. The van der Waals surface area contributed by atoms with E-state index in [-0.39, 0.29) is 0 Å². The summed E-state index contributed by atoms with van der Waals surface area (Å²) in [4.78, 5) is 0. The van der Waals surface area contributed by atoms with Crippen molar-refractivity contribution in [1.82, 2.24) is 5.43 Å². The van der Waals surface area contributed by atoms with Gasteiger partial charge in [0.25, 0.3) is 0 Å². The first kappa shape index (κ1) is 13.5. The summed E-state index contributed by atoms with van der Waals surface area (Å²) in [6.45, 7) is 0. The minimum Gasteiger partial charge on any atom is -0.130 e. The lowest BCUT2D eigenvalue weighted by atomic mass is 10.1. The summed E-state index contributed by atoms with van der Waals surface area (Å²) in [7, 11) is 0. The molecule has 0 atom stereocenters. The van der Waals surface area contributed by atoms with Crippen LogP contribution in [0.5, 0.6) is 0 Å². The van der Waals surface area contributed by atoms with Gasteiger partial charge in [0.15, 0.2) is 0 Å². The van der Waals surface area contributed by atoms with E-state index in [1.54, 1.807) is 0 Å². The first-order chi connectivity index (χ1) is 11.4.